The molecule has 0 radical (unpaired) electrons. The van der Waals surface area contributed by atoms with Crippen LogP contribution in [0.4, 0.5) is 0 Å². The second-order valence-corrected chi connectivity index (χ2v) is 6.11. The summed E-state index contributed by atoms with van der Waals surface area (Å²) in [4.78, 5) is 2.28. The van der Waals surface area contributed by atoms with Gasteiger partial charge in [0.1, 0.15) is 0 Å². The fourth-order valence-corrected chi connectivity index (χ4v) is 2.85. The third-order valence-electron chi connectivity index (χ3n) is 3.62. The fraction of sp³-hybridized carbons (Fsp3) is 0.800. The first-order valence-electron chi connectivity index (χ1n) is 7.78. The Bertz CT molecular complexity index is 414. The molecule has 6 nitrogen and oxygen atoms in total. The molecule has 1 saturated heterocycles. The van der Waals surface area contributed by atoms with Crippen LogP contribution in [0.5, 0.6) is 0 Å². The van der Waals surface area contributed by atoms with E-state index in [0.29, 0.717) is 13.1 Å². The number of aryl methyl sites for hydroxylation is 1. The molecule has 2 rings (SSSR count). The molecule has 1 aliphatic rings. The molecule has 3 atom stereocenters. The van der Waals surface area contributed by atoms with Crippen molar-refractivity contribution < 1.29 is 9.84 Å². The van der Waals surface area contributed by atoms with Gasteiger partial charge in [-0.3, -0.25) is 9.58 Å². The van der Waals surface area contributed by atoms with Crippen LogP contribution < -0.4 is 5.32 Å². The third-order valence-corrected chi connectivity index (χ3v) is 3.62. The summed E-state index contributed by atoms with van der Waals surface area (Å²) in [6.07, 6.45) is 4.03. The molecule has 6 heteroatoms. The molecule has 0 spiro atoms. The van der Waals surface area contributed by atoms with Crippen molar-refractivity contribution in [1.82, 2.24) is 20.0 Å². The van der Waals surface area contributed by atoms with E-state index in [2.05, 4.69) is 29.2 Å². The molecule has 0 aromatic carbocycles. The first kappa shape index (κ1) is 16.4. The Morgan fingerprint density at radius 1 is 1.43 bits per heavy atom. The first-order valence-corrected chi connectivity index (χ1v) is 7.78. The lowest BCUT2D eigenvalue weighted by Crippen LogP contribution is -2.49. The van der Waals surface area contributed by atoms with Gasteiger partial charge in [-0.2, -0.15) is 5.10 Å². The minimum absolute atomic E-state index is 0.247. The van der Waals surface area contributed by atoms with E-state index in [1.165, 1.54) is 5.56 Å². The van der Waals surface area contributed by atoms with Crippen molar-refractivity contribution >= 4 is 0 Å². The number of rotatable bonds is 7. The van der Waals surface area contributed by atoms with Gasteiger partial charge in [0.15, 0.2) is 0 Å². The predicted molar refractivity (Wildman–Crippen MR) is 82.3 cm³/mol. The number of nitrogens with zero attached hydrogens (tertiary/aromatic N) is 3. The summed E-state index contributed by atoms with van der Waals surface area (Å²) in [6, 6.07) is 0. The van der Waals surface area contributed by atoms with Crippen molar-refractivity contribution in [1.29, 1.82) is 0 Å². The van der Waals surface area contributed by atoms with Crippen molar-refractivity contribution in [2.75, 3.05) is 32.7 Å². The predicted octanol–water partition coefficient (Wildman–Crippen LogP) is 0.251. The highest BCUT2D eigenvalue weighted by atomic mass is 16.5. The van der Waals surface area contributed by atoms with Crippen molar-refractivity contribution in [3.8, 4) is 0 Å². The summed E-state index contributed by atoms with van der Waals surface area (Å²) in [7, 11) is 0. The number of ether oxygens (including phenoxy) is 1. The molecule has 1 aromatic rings. The van der Waals surface area contributed by atoms with E-state index in [0.717, 1.165) is 26.2 Å². The van der Waals surface area contributed by atoms with E-state index < -0.39 is 0 Å². The van der Waals surface area contributed by atoms with Gasteiger partial charge in [-0.1, -0.05) is 0 Å². The van der Waals surface area contributed by atoms with Gasteiger partial charge in [-0.05, 0) is 26.3 Å². The number of nitrogens with one attached hydrogen (secondary N) is 1. The van der Waals surface area contributed by atoms with Crippen LogP contribution in [0.1, 0.15) is 19.4 Å². The van der Waals surface area contributed by atoms with Crippen LogP contribution in [0.25, 0.3) is 0 Å². The maximum atomic E-state index is 10.1. The zero-order chi connectivity index (χ0) is 15.2. The summed E-state index contributed by atoms with van der Waals surface area (Å²) >= 11 is 0. The Morgan fingerprint density at radius 2 is 2.14 bits per heavy atom. The minimum atomic E-state index is -0.346. The summed E-state index contributed by atoms with van der Waals surface area (Å²) in [6.45, 7) is 10.9. The number of aromatic nitrogens is 2. The Labute approximate surface area is 127 Å². The number of β-amino-alcohol motifs (C(OH)–C–C–N with tert-alkyl or cyclic N) is 1. The monoisotopic (exact) mass is 296 g/mol. The molecule has 0 amide bonds. The maximum Gasteiger partial charge on any atom is 0.0791 e. The van der Waals surface area contributed by atoms with Crippen molar-refractivity contribution in [2.45, 2.75) is 45.6 Å². The van der Waals surface area contributed by atoms with Crippen LogP contribution in [0.3, 0.4) is 0 Å². The van der Waals surface area contributed by atoms with E-state index in [9.17, 15) is 5.11 Å². The third kappa shape index (κ3) is 5.74. The molecule has 120 valence electrons. The SMILES string of the molecule is Cc1cnn(CCNC[C@@H](O)CN2C[C@@H](C)O[C@@H](C)C2)c1. The Morgan fingerprint density at radius 3 is 2.76 bits per heavy atom. The fourth-order valence-electron chi connectivity index (χ4n) is 2.85. The average Bonchev–Trinajstić information content (AvgIpc) is 2.79. The van der Waals surface area contributed by atoms with Crippen molar-refractivity contribution in [2.24, 2.45) is 0 Å². The van der Waals surface area contributed by atoms with Gasteiger partial charge in [0.25, 0.3) is 0 Å². The normalized spacial score (nSPS) is 25.1. The van der Waals surface area contributed by atoms with E-state index in [1.807, 2.05) is 24.0 Å². The zero-order valence-electron chi connectivity index (χ0n) is 13.3. The molecule has 21 heavy (non-hydrogen) atoms. The van der Waals surface area contributed by atoms with Crippen molar-refractivity contribution in [3.05, 3.63) is 18.0 Å². The van der Waals surface area contributed by atoms with Gasteiger partial charge in [-0.15, -0.1) is 0 Å². The molecule has 0 bridgehead atoms. The maximum absolute atomic E-state index is 10.1. The zero-order valence-corrected chi connectivity index (χ0v) is 13.3. The molecule has 1 fully saturated rings. The van der Waals surface area contributed by atoms with Gasteiger partial charge in [0.2, 0.25) is 0 Å². The lowest BCUT2D eigenvalue weighted by Gasteiger charge is -2.36. The number of aliphatic hydroxyl groups excluding tert-OH is 1. The van der Waals surface area contributed by atoms with Crippen LogP contribution in [-0.4, -0.2) is 70.8 Å². The number of hydrogen-bond donors (Lipinski definition) is 2. The van der Waals surface area contributed by atoms with Crippen molar-refractivity contribution in [3.63, 3.8) is 0 Å². The summed E-state index contributed by atoms with van der Waals surface area (Å²) in [5.41, 5.74) is 1.17. The highest BCUT2D eigenvalue weighted by Gasteiger charge is 2.23. The lowest BCUT2D eigenvalue weighted by atomic mass is 10.2. The van der Waals surface area contributed by atoms with E-state index in [4.69, 9.17) is 4.74 Å². The van der Waals surface area contributed by atoms with Crippen LogP contribution in [-0.2, 0) is 11.3 Å². The smallest absolute Gasteiger partial charge is 0.0791 e. The molecule has 0 aliphatic carbocycles. The quantitative estimate of drug-likeness (QED) is 0.706. The van der Waals surface area contributed by atoms with Crippen LogP contribution in [0, 0.1) is 6.92 Å². The van der Waals surface area contributed by atoms with Gasteiger partial charge in [0, 0.05) is 38.9 Å². The molecule has 1 aromatic heterocycles. The average molecular weight is 296 g/mol. The summed E-state index contributed by atoms with van der Waals surface area (Å²) in [5, 5.41) is 17.6. The van der Waals surface area contributed by atoms with E-state index in [-0.39, 0.29) is 18.3 Å². The van der Waals surface area contributed by atoms with Gasteiger partial charge in [0.05, 0.1) is 31.1 Å². The van der Waals surface area contributed by atoms with Crippen LogP contribution >= 0.6 is 0 Å². The summed E-state index contributed by atoms with van der Waals surface area (Å²) < 4.78 is 7.62. The largest absolute Gasteiger partial charge is 0.390 e. The van der Waals surface area contributed by atoms with E-state index in [1.54, 1.807) is 0 Å². The number of hydrogen-bond acceptors (Lipinski definition) is 5. The van der Waals surface area contributed by atoms with E-state index >= 15 is 0 Å². The van der Waals surface area contributed by atoms with Gasteiger partial charge < -0.3 is 15.2 Å². The topological polar surface area (TPSA) is 62.5 Å². The van der Waals surface area contributed by atoms with Gasteiger partial charge >= 0.3 is 0 Å². The Balaban J connectivity index is 1.60. The molecule has 2 heterocycles. The Hall–Kier alpha value is -0.950. The Kier molecular flexibility index (Phi) is 6.17. The standard InChI is InChI=1S/C15H28N4O2/c1-12-6-17-19(8-12)5-4-16-7-15(20)11-18-9-13(2)21-14(3)10-18/h6,8,13-16,20H,4-5,7,9-11H2,1-3H3/t13-,14+,15-/m1/s1. The number of morpholine rings is 1. The lowest BCUT2D eigenvalue weighted by molar-refractivity contribution is -0.0762. The molecular weight excluding hydrogens is 268 g/mol. The molecule has 2 N–H and O–H groups in total. The van der Waals surface area contributed by atoms with Gasteiger partial charge in [-0.25, -0.2) is 0 Å². The number of aliphatic hydroxyl groups is 1. The molecule has 1 aliphatic heterocycles. The van der Waals surface area contributed by atoms with Crippen LogP contribution in [0.15, 0.2) is 12.4 Å². The molecule has 0 saturated carbocycles. The first-order chi connectivity index (χ1) is 10.0. The highest BCUT2D eigenvalue weighted by Crippen LogP contribution is 2.10. The van der Waals surface area contributed by atoms with Crippen LogP contribution in [0.2, 0.25) is 0 Å². The summed E-state index contributed by atoms with van der Waals surface area (Å²) in [5.74, 6) is 0. The minimum Gasteiger partial charge on any atom is -0.390 e. The second-order valence-electron chi connectivity index (χ2n) is 6.11. The second kappa shape index (κ2) is 7.89. The highest BCUT2D eigenvalue weighted by molar-refractivity contribution is 4.99. The molecule has 0 unspecified atom stereocenters. The molecular formula is C15H28N4O2.